The Kier molecular flexibility index (Phi) is 4.08. The molecule has 1 saturated heterocycles. The van der Waals surface area contributed by atoms with Crippen molar-refractivity contribution in [1.82, 2.24) is 10.6 Å². The van der Waals surface area contributed by atoms with Crippen molar-refractivity contribution in [2.75, 3.05) is 13.1 Å². The van der Waals surface area contributed by atoms with Crippen molar-refractivity contribution in [3.63, 3.8) is 0 Å². The van der Waals surface area contributed by atoms with Crippen LogP contribution in [0, 0.1) is 17.8 Å². The first-order valence-corrected chi connectivity index (χ1v) is 8.00. The molecule has 2 aliphatic carbocycles. The van der Waals surface area contributed by atoms with Gasteiger partial charge in [-0.1, -0.05) is 6.42 Å². The van der Waals surface area contributed by atoms with Crippen LogP contribution in [-0.4, -0.2) is 31.1 Å². The molecule has 0 aromatic rings. The SMILES string of the molecule is NC1C2CCCC1CC(C(=O)NCC1CCCN1)C2. The highest BCUT2D eigenvalue weighted by atomic mass is 16.1. The summed E-state index contributed by atoms with van der Waals surface area (Å²) in [6, 6.07) is 0.851. The summed E-state index contributed by atoms with van der Waals surface area (Å²) < 4.78 is 0. The van der Waals surface area contributed by atoms with Gasteiger partial charge in [0.2, 0.25) is 5.91 Å². The third-order valence-corrected chi connectivity index (χ3v) is 5.47. The highest BCUT2D eigenvalue weighted by Gasteiger charge is 2.40. The van der Waals surface area contributed by atoms with Gasteiger partial charge in [0.15, 0.2) is 0 Å². The van der Waals surface area contributed by atoms with Crippen LogP contribution >= 0.6 is 0 Å². The number of amides is 1. The van der Waals surface area contributed by atoms with Gasteiger partial charge in [-0.2, -0.15) is 0 Å². The van der Waals surface area contributed by atoms with Crippen LogP contribution in [0.25, 0.3) is 0 Å². The Labute approximate surface area is 115 Å². The Morgan fingerprint density at radius 2 is 1.89 bits per heavy atom. The van der Waals surface area contributed by atoms with Crippen LogP contribution in [0.15, 0.2) is 0 Å². The summed E-state index contributed by atoms with van der Waals surface area (Å²) in [6.07, 6.45) is 8.23. The number of fused-ring (bicyclic) bond motifs is 2. The molecule has 4 heteroatoms. The first kappa shape index (κ1) is 13.4. The molecule has 108 valence electrons. The zero-order valence-corrected chi connectivity index (χ0v) is 11.7. The van der Waals surface area contributed by atoms with E-state index in [4.69, 9.17) is 5.73 Å². The summed E-state index contributed by atoms with van der Waals surface area (Å²) in [4.78, 5) is 12.3. The Morgan fingerprint density at radius 3 is 2.53 bits per heavy atom. The second-order valence-corrected chi connectivity index (χ2v) is 6.74. The molecular weight excluding hydrogens is 238 g/mol. The Balaban J connectivity index is 1.50. The number of hydrogen-bond donors (Lipinski definition) is 3. The molecular formula is C15H27N3O. The first-order chi connectivity index (χ1) is 9.24. The highest BCUT2D eigenvalue weighted by molar-refractivity contribution is 5.78. The molecule has 1 amide bonds. The largest absolute Gasteiger partial charge is 0.354 e. The second-order valence-electron chi connectivity index (χ2n) is 6.74. The van der Waals surface area contributed by atoms with Crippen molar-refractivity contribution < 1.29 is 4.79 Å². The Bertz CT molecular complexity index is 313. The van der Waals surface area contributed by atoms with Gasteiger partial charge < -0.3 is 16.4 Å². The fourth-order valence-corrected chi connectivity index (χ4v) is 4.30. The summed E-state index contributed by atoms with van der Waals surface area (Å²) in [5, 5.41) is 6.58. The average Bonchev–Trinajstić information content (AvgIpc) is 2.88. The van der Waals surface area contributed by atoms with Crippen LogP contribution in [0.3, 0.4) is 0 Å². The number of carbonyl (C=O) groups is 1. The average molecular weight is 265 g/mol. The highest BCUT2D eigenvalue weighted by Crippen LogP contribution is 2.41. The monoisotopic (exact) mass is 265 g/mol. The normalized spacial score (nSPS) is 42.1. The standard InChI is InChI=1S/C15H27N3O/c16-14-10-3-1-4-11(14)8-12(7-10)15(19)18-9-13-5-2-6-17-13/h10-14,17H,1-9,16H2,(H,18,19). The summed E-state index contributed by atoms with van der Waals surface area (Å²) >= 11 is 0. The van der Waals surface area contributed by atoms with E-state index in [0.717, 1.165) is 25.9 Å². The molecule has 1 heterocycles. The van der Waals surface area contributed by atoms with E-state index in [0.29, 0.717) is 23.9 Å². The fraction of sp³-hybridized carbons (Fsp3) is 0.933. The van der Waals surface area contributed by atoms with Gasteiger partial charge in [0.1, 0.15) is 0 Å². The molecule has 0 aromatic heterocycles. The van der Waals surface area contributed by atoms with Crippen LogP contribution in [0.4, 0.5) is 0 Å². The van der Waals surface area contributed by atoms with Crippen molar-refractivity contribution in [3.8, 4) is 0 Å². The van der Waals surface area contributed by atoms with Crippen molar-refractivity contribution in [2.45, 2.75) is 57.0 Å². The summed E-state index contributed by atoms with van der Waals surface area (Å²) in [6.45, 7) is 1.90. The third kappa shape index (κ3) is 2.95. The lowest BCUT2D eigenvalue weighted by molar-refractivity contribution is -0.128. The van der Waals surface area contributed by atoms with Gasteiger partial charge in [-0.05, 0) is 56.9 Å². The maximum absolute atomic E-state index is 12.3. The van der Waals surface area contributed by atoms with Gasteiger partial charge in [0.25, 0.3) is 0 Å². The number of nitrogens with one attached hydrogen (secondary N) is 2. The lowest BCUT2D eigenvalue weighted by Gasteiger charge is -2.43. The van der Waals surface area contributed by atoms with E-state index in [-0.39, 0.29) is 11.8 Å². The minimum Gasteiger partial charge on any atom is -0.354 e. The molecule has 3 unspecified atom stereocenters. The van der Waals surface area contributed by atoms with E-state index < -0.39 is 0 Å². The maximum Gasteiger partial charge on any atom is 0.223 e. The van der Waals surface area contributed by atoms with Gasteiger partial charge in [-0.15, -0.1) is 0 Å². The zero-order chi connectivity index (χ0) is 13.2. The predicted octanol–water partition coefficient (Wildman–Crippen LogP) is 1.01. The number of rotatable bonds is 3. The molecule has 4 N–H and O–H groups in total. The van der Waals surface area contributed by atoms with Crippen molar-refractivity contribution in [3.05, 3.63) is 0 Å². The van der Waals surface area contributed by atoms with Gasteiger partial charge in [0.05, 0.1) is 0 Å². The lowest BCUT2D eigenvalue weighted by atomic mass is 9.65. The van der Waals surface area contributed by atoms with Crippen molar-refractivity contribution in [1.29, 1.82) is 0 Å². The lowest BCUT2D eigenvalue weighted by Crippen LogP contribution is -2.50. The molecule has 1 aliphatic heterocycles. The van der Waals surface area contributed by atoms with Crippen LogP contribution in [0.1, 0.15) is 44.9 Å². The predicted molar refractivity (Wildman–Crippen MR) is 75.6 cm³/mol. The number of carbonyl (C=O) groups excluding carboxylic acids is 1. The van der Waals surface area contributed by atoms with Crippen LogP contribution in [0.5, 0.6) is 0 Å². The van der Waals surface area contributed by atoms with E-state index in [1.54, 1.807) is 0 Å². The zero-order valence-electron chi connectivity index (χ0n) is 11.7. The fourth-order valence-electron chi connectivity index (χ4n) is 4.30. The van der Waals surface area contributed by atoms with Crippen molar-refractivity contribution >= 4 is 5.91 Å². The van der Waals surface area contributed by atoms with E-state index in [9.17, 15) is 4.79 Å². The molecule has 3 rings (SSSR count). The summed E-state index contributed by atoms with van der Waals surface area (Å²) in [5.41, 5.74) is 6.28. The summed E-state index contributed by atoms with van der Waals surface area (Å²) in [5.74, 6) is 1.68. The number of hydrogen-bond acceptors (Lipinski definition) is 3. The van der Waals surface area contributed by atoms with E-state index in [1.807, 2.05) is 0 Å². The maximum atomic E-state index is 12.3. The van der Waals surface area contributed by atoms with Crippen molar-refractivity contribution in [2.24, 2.45) is 23.5 Å². The molecule has 0 aromatic carbocycles. The molecule has 19 heavy (non-hydrogen) atoms. The van der Waals surface area contributed by atoms with E-state index in [1.165, 1.54) is 32.1 Å². The smallest absolute Gasteiger partial charge is 0.223 e. The molecule has 0 radical (unpaired) electrons. The molecule has 3 fully saturated rings. The Morgan fingerprint density at radius 1 is 1.16 bits per heavy atom. The quantitative estimate of drug-likeness (QED) is 0.713. The third-order valence-electron chi connectivity index (χ3n) is 5.47. The van der Waals surface area contributed by atoms with E-state index in [2.05, 4.69) is 10.6 Å². The van der Waals surface area contributed by atoms with Gasteiger partial charge >= 0.3 is 0 Å². The molecule has 2 saturated carbocycles. The van der Waals surface area contributed by atoms with Crippen LogP contribution < -0.4 is 16.4 Å². The van der Waals surface area contributed by atoms with Gasteiger partial charge in [0, 0.05) is 24.5 Å². The molecule has 3 atom stereocenters. The molecule has 2 bridgehead atoms. The van der Waals surface area contributed by atoms with E-state index >= 15 is 0 Å². The number of nitrogens with two attached hydrogens (primary N) is 1. The van der Waals surface area contributed by atoms with Crippen LogP contribution in [0.2, 0.25) is 0 Å². The Hall–Kier alpha value is -0.610. The topological polar surface area (TPSA) is 67.2 Å². The second kappa shape index (κ2) is 5.80. The molecule has 0 spiro atoms. The summed E-state index contributed by atoms with van der Waals surface area (Å²) in [7, 11) is 0. The molecule has 4 nitrogen and oxygen atoms in total. The van der Waals surface area contributed by atoms with Gasteiger partial charge in [-0.3, -0.25) is 4.79 Å². The first-order valence-electron chi connectivity index (χ1n) is 8.00. The van der Waals surface area contributed by atoms with Gasteiger partial charge in [-0.25, -0.2) is 0 Å². The minimum atomic E-state index is 0.219. The minimum absolute atomic E-state index is 0.219. The molecule has 3 aliphatic rings. The van der Waals surface area contributed by atoms with Crippen LogP contribution in [-0.2, 0) is 4.79 Å².